The molecular weight excluding hydrogens is 1490 g/mol. The number of aromatic nitrogens is 4. The average Bonchev–Trinajstić information content (AvgIpc) is 1.68. The number of nitrogens with one attached hydrogen (secondary N) is 4. The van der Waals surface area contributed by atoms with Crippen molar-refractivity contribution < 1.29 is 88.5 Å². The van der Waals surface area contributed by atoms with E-state index in [1.165, 1.54) is 53.6 Å². The number of hydrogen-bond acceptors (Lipinski definition) is 29. The summed E-state index contributed by atoms with van der Waals surface area (Å²) in [6.45, 7) is 7.63. The summed E-state index contributed by atoms with van der Waals surface area (Å²) in [5, 5.41) is 21.1. The maximum Gasteiger partial charge on any atom is 0.293 e. The van der Waals surface area contributed by atoms with Crippen molar-refractivity contribution in [2.45, 2.75) is 51.4 Å². The van der Waals surface area contributed by atoms with Crippen molar-refractivity contribution in [3.8, 4) is 51.9 Å². The molecule has 0 unspecified atom stereocenters. The molecule has 0 radical (unpaired) electrons. The van der Waals surface area contributed by atoms with Crippen LogP contribution in [0, 0.1) is 35.0 Å². The summed E-state index contributed by atoms with van der Waals surface area (Å²) in [5.74, 6) is 0.451. The zero-order valence-corrected chi connectivity index (χ0v) is 61.7. The molecule has 29 nitrogen and oxygen atoms in total. The highest BCUT2D eigenvalue weighted by atomic mass is 32.1. The summed E-state index contributed by atoms with van der Waals surface area (Å²) in [7, 11) is 0. The number of amides is 4. The number of carbonyl (C=O) groups is 8. The molecule has 33 heteroatoms. The lowest BCUT2D eigenvalue weighted by Gasteiger charge is -2.25. The Balaban J connectivity index is 0.000000128. The van der Waals surface area contributed by atoms with Crippen molar-refractivity contribution >= 4 is 113 Å². The lowest BCUT2D eigenvalue weighted by Crippen LogP contribution is -2.41. The van der Waals surface area contributed by atoms with Gasteiger partial charge in [-0.05, 0) is 136 Å². The first-order chi connectivity index (χ1) is 53.3. The summed E-state index contributed by atoms with van der Waals surface area (Å²) >= 11 is 4.65. The number of anilines is 4. The van der Waals surface area contributed by atoms with E-state index in [4.69, 9.17) is 55.4 Å². The predicted octanol–water partition coefficient (Wildman–Crippen LogP) is 14.1. The van der Waals surface area contributed by atoms with Gasteiger partial charge in [0.25, 0.3) is 17.7 Å². The molecule has 0 bridgehead atoms. The Morgan fingerprint density at radius 2 is 0.725 bits per heavy atom. The quantitative estimate of drug-likeness (QED) is 0.0485. The molecule has 5 saturated heterocycles. The van der Waals surface area contributed by atoms with E-state index >= 15 is 0 Å². The first kappa shape index (κ1) is 76.4. The normalized spacial score (nSPS) is 15.8. The molecule has 0 spiro atoms. The first-order valence-corrected chi connectivity index (χ1v) is 38.4. The Labute approximate surface area is 638 Å². The summed E-state index contributed by atoms with van der Waals surface area (Å²) in [5.41, 5.74) is 2.35. The van der Waals surface area contributed by atoms with Crippen LogP contribution in [0.4, 0.5) is 20.5 Å². The smallest absolute Gasteiger partial charge is 0.293 e. The van der Waals surface area contributed by atoms with Crippen LogP contribution in [0.2, 0.25) is 0 Å². The molecule has 0 saturated carbocycles. The second kappa shape index (κ2) is 37.4. The minimum atomic E-state index is -0.550. The van der Waals surface area contributed by atoms with E-state index in [1.807, 2.05) is 17.0 Å². The number of thiazole rings is 4. The van der Waals surface area contributed by atoms with Crippen LogP contribution in [-0.4, -0.2) is 157 Å². The molecule has 0 atom stereocenters. The highest BCUT2D eigenvalue weighted by Gasteiger charge is 2.35. The number of Topliss-reactive ketones (excluding diaryl/α,β-unsaturated/α-hetero) is 4. The van der Waals surface area contributed by atoms with Gasteiger partial charge in [-0.15, -0.1) is 0 Å². The molecule has 5 aliphatic rings. The monoisotopic (exact) mass is 1560 g/mol. The standard InChI is InChI=1S/C20H18N2O4S.C19H23N3O5S.C19H15N3O5S.C18H16N2O5S/c23-17(13-8-11-25-12-9-13)18-16(15-7-4-10-26-15)21-20(27-18)22-19(24)14-5-2-1-3-6-14;23-15(12-22-5-10-26-11-6-22)20-19-21-16(14-2-1-7-27-14)18(28-19)17(24)13-3-8-25-9-4-13;20-10-12-3-4-14(27-12)18(24)22-19-21-15(13-2-1-7-26-13)17(28-19)16(23)11-5-8-25-9-6-11;21-15(11-5-9-23-10-6-11)16-14(12-3-1-7-24-12)19-18(26-16)20-17(22)13-4-2-8-25-13/h1-7,10,13H,8-9,11-12H2,(H,21,22,24);1-2,7,13H,3-6,8-12H2,(H,20,21,23);1-4,7,11H,5-6,8-9H2,(H,21,22,24);1-4,7-8,11H,5-6,9-10H2,(H,19,20,22). The third-order valence-electron chi connectivity index (χ3n) is 17.9. The lowest BCUT2D eigenvalue weighted by molar-refractivity contribution is -0.118. The van der Waals surface area contributed by atoms with E-state index < -0.39 is 11.8 Å². The molecule has 4 amide bonds. The minimum absolute atomic E-state index is 0.00991. The third-order valence-corrected chi connectivity index (χ3v) is 21.8. The third kappa shape index (κ3) is 19.8. The fourth-order valence-electron chi connectivity index (χ4n) is 12.2. The van der Waals surface area contributed by atoms with Crippen molar-refractivity contribution in [1.29, 1.82) is 5.26 Å². The molecule has 109 heavy (non-hydrogen) atoms. The Morgan fingerprint density at radius 3 is 1.06 bits per heavy atom. The van der Waals surface area contributed by atoms with Gasteiger partial charge in [0, 0.05) is 95.2 Å². The number of ketones is 4. The fourth-order valence-corrected chi connectivity index (χ4v) is 16.1. The molecule has 0 aliphatic carbocycles. The van der Waals surface area contributed by atoms with E-state index in [0.29, 0.717) is 204 Å². The molecule has 564 valence electrons. The van der Waals surface area contributed by atoms with E-state index in [0.717, 1.165) is 35.8 Å². The van der Waals surface area contributed by atoms with Crippen LogP contribution in [0.5, 0.6) is 0 Å². The molecule has 15 heterocycles. The maximum absolute atomic E-state index is 13.1. The highest BCUT2D eigenvalue weighted by molar-refractivity contribution is 7.19. The predicted molar refractivity (Wildman–Crippen MR) is 399 cm³/mol. The Morgan fingerprint density at radius 1 is 0.385 bits per heavy atom. The second-order valence-electron chi connectivity index (χ2n) is 25.1. The van der Waals surface area contributed by atoms with Gasteiger partial charge in [-0.25, -0.2) is 19.9 Å². The topological polar surface area (TPSA) is 388 Å². The fraction of sp³-hybridized carbons (Fsp3) is 0.329. The number of nitrogens with zero attached hydrogens (tertiary/aromatic N) is 6. The van der Waals surface area contributed by atoms with E-state index in [9.17, 15) is 38.4 Å². The number of carbonyl (C=O) groups excluding carboxylic acids is 8. The van der Waals surface area contributed by atoms with Crippen LogP contribution in [0.1, 0.15) is 127 Å². The van der Waals surface area contributed by atoms with Crippen molar-refractivity contribution in [3.05, 3.63) is 177 Å². The van der Waals surface area contributed by atoms with Gasteiger partial charge in [-0.2, -0.15) is 5.26 Å². The van der Waals surface area contributed by atoms with Crippen molar-refractivity contribution in [1.82, 2.24) is 24.8 Å². The van der Waals surface area contributed by atoms with Crippen LogP contribution in [-0.2, 0) is 28.5 Å². The summed E-state index contributed by atoms with van der Waals surface area (Å²) in [6, 6.07) is 30.7. The van der Waals surface area contributed by atoms with Gasteiger partial charge in [-0.1, -0.05) is 63.5 Å². The van der Waals surface area contributed by atoms with Crippen molar-refractivity contribution in [2.75, 3.05) is 107 Å². The number of rotatable bonds is 21. The van der Waals surface area contributed by atoms with E-state index in [2.05, 4.69) is 41.2 Å². The van der Waals surface area contributed by atoms with Crippen LogP contribution >= 0.6 is 45.3 Å². The van der Waals surface area contributed by atoms with E-state index in [1.54, 1.807) is 97.5 Å². The second-order valence-corrected chi connectivity index (χ2v) is 29.1. The first-order valence-electron chi connectivity index (χ1n) is 35.1. The molecular formula is C76H72N10O19S4. The van der Waals surface area contributed by atoms with Gasteiger partial charge < -0.3 is 55.5 Å². The zero-order chi connectivity index (χ0) is 75.4. The Kier molecular flexibility index (Phi) is 26.2. The van der Waals surface area contributed by atoms with Gasteiger partial charge >= 0.3 is 0 Å². The molecule has 1 aromatic carbocycles. The van der Waals surface area contributed by atoms with Gasteiger partial charge in [0.05, 0.1) is 51.1 Å². The highest BCUT2D eigenvalue weighted by Crippen LogP contribution is 2.40. The summed E-state index contributed by atoms with van der Waals surface area (Å²) in [4.78, 5) is 123. The van der Waals surface area contributed by atoms with Gasteiger partial charge in [-0.3, -0.25) is 59.2 Å². The maximum atomic E-state index is 13.1. The van der Waals surface area contributed by atoms with Crippen molar-refractivity contribution in [2.24, 2.45) is 23.7 Å². The van der Waals surface area contributed by atoms with Crippen LogP contribution in [0.25, 0.3) is 45.8 Å². The van der Waals surface area contributed by atoms with Gasteiger partial charge in [0.1, 0.15) is 48.4 Å². The molecule has 10 aromatic heterocycles. The lowest BCUT2D eigenvalue weighted by atomic mass is 9.94. The molecule has 5 aliphatic heterocycles. The van der Waals surface area contributed by atoms with Crippen LogP contribution < -0.4 is 21.3 Å². The summed E-state index contributed by atoms with van der Waals surface area (Å²) < 4.78 is 58.7. The number of benzene rings is 1. The van der Waals surface area contributed by atoms with Gasteiger partial charge in [0.15, 0.2) is 78.2 Å². The van der Waals surface area contributed by atoms with Gasteiger partial charge in [0.2, 0.25) is 11.7 Å². The number of morpholine rings is 1. The zero-order valence-electron chi connectivity index (χ0n) is 58.4. The molecule has 16 rings (SSSR count). The van der Waals surface area contributed by atoms with Crippen molar-refractivity contribution in [3.63, 3.8) is 0 Å². The average molecular weight is 1560 g/mol. The van der Waals surface area contributed by atoms with Crippen LogP contribution in [0.15, 0.2) is 161 Å². The Bertz CT molecular complexity index is 4890. The molecule has 4 N–H and O–H groups in total. The number of hydrogen-bond donors (Lipinski definition) is 4. The van der Waals surface area contributed by atoms with Crippen LogP contribution in [0.3, 0.4) is 0 Å². The Hall–Kier alpha value is -10.8. The number of furan rings is 6. The largest absolute Gasteiger partial charge is 0.463 e. The SMILES string of the molecule is N#Cc1ccc(C(=O)Nc2nc(-c3ccco3)c(C(=O)C3CCOCC3)s2)o1.O=C(CN1CCOCC1)Nc1nc(-c2ccco2)c(C(=O)C2CCOCC2)s1.O=C(Nc1nc(-c2ccco2)c(C(=O)C2CCOCC2)s1)c1ccccc1.O=C(Nc1nc(-c2ccco2)c(C(=O)C2CCOCC2)s1)c1ccco1. The summed E-state index contributed by atoms with van der Waals surface area (Å²) in [6.07, 6.45) is 13.0. The molecule has 11 aromatic rings. The number of nitriles is 1. The number of ether oxygens (including phenoxy) is 5. The molecule has 5 fully saturated rings. The minimum Gasteiger partial charge on any atom is -0.463 e. The van der Waals surface area contributed by atoms with E-state index in [-0.39, 0.29) is 87.6 Å².